The fourth-order valence-corrected chi connectivity index (χ4v) is 3.15. The fourth-order valence-electron chi connectivity index (χ4n) is 3.02. The summed E-state index contributed by atoms with van der Waals surface area (Å²) in [6.07, 6.45) is -0.0183. The lowest BCUT2D eigenvalue weighted by Gasteiger charge is -2.19. The molecule has 28 heavy (non-hydrogen) atoms. The molecule has 2 aromatic rings. The molecule has 2 heterocycles. The molecule has 3 rings (SSSR count). The molecule has 1 aliphatic heterocycles. The lowest BCUT2D eigenvalue weighted by atomic mass is 10.00. The van der Waals surface area contributed by atoms with Crippen LogP contribution in [0.15, 0.2) is 30.5 Å². The van der Waals surface area contributed by atoms with Crippen molar-refractivity contribution < 1.29 is 24.2 Å². The molecule has 0 amide bonds. The number of hydrogen-bond donors (Lipinski definition) is 0. The Bertz CT molecular complexity index is 900. The van der Waals surface area contributed by atoms with Gasteiger partial charge >= 0.3 is 5.97 Å². The zero-order chi connectivity index (χ0) is 20.4. The summed E-state index contributed by atoms with van der Waals surface area (Å²) in [5.41, 5.74) is 2.83. The predicted molar refractivity (Wildman–Crippen MR) is 99.4 cm³/mol. The quantitative estimate of drug-likeness (QED) is 0.408. The van der Waals surface area contributed by atoms with Crippen LogP contribution < -0.4 is 4.74 Å². The number of rotatable bonds is 6. The van der Waals surface area contributed by atoms with E-state index in [1.807, 2.05) is 12.1 Å². The van der Waals surface area contributed by atoms with E-state index >= 15 is 0 Å². The molecule has 0 fully saturated rings. The maximum absolute atomic E-state index is 12.5. The summed E-state index contributed by atoms with van der Waals surface area (Å²) in [4.78, 5) is 32.0. The number of aryl methyl sites for hydroxylation is 1. The molecule has 0 spiro atoms. The molecule has 0 N–H and O–H groups in total. The van der Waals surface area contributed by atoms with E-state index in [0.717, 1.165) is 11.1 Å². The first-order chi connectivity index (χ1) is 13.3. The third-order valence-corrected chi connectivity index (χ3v) is 4.69. The topological polar surface area (TPSA) is 101 Å². The van der Waals surface area contributed by atoms with E-state index < -0.39 is 23.1 Å². The molecule has 148 valence electrons. The summed E-state index contributed by atoms with van der Waals surface area (Å²) in [7, 11) is 0. The average molecular weight is 407 g/mol. The number of aromatic nitrogens is 1. The highest BCUT2D eigenvalue weighted by atomic mass is 35.5. The van der Waals surface area contributed by atoms with E-state index in [-0.39, 0.29) is 18.5 Å². The first-order valence-corrected chi connectivity index (χ1v) is 9.04. The predicted octanol–water partition coefficient (Wildman–Crippen LogP) is 3.80. The molecule has 9 heteroatoms. The first-order valence-electron chi connectivity index (χ1n) is 8.66. The monoisotopic (exact) mass is 406 g/mol. The molecule has 0 aliphatic carbocycles. The number of carbonyl (C=O) groups excluding carboxylic acids is 1. The van der Waals surface area contributed by atoms with Crippen molar-refractivity contribution in [1.29, 1.82) is 0 Å². The Labute approximate surface area is 166 Å². The number of esters is 1. The molecule has 8 nitrogen and oxygen atoms in total. The van der Waals surface area contributed by atoms with Crippen LogP contribution >= 0.6 is 11.6 Å². The number of halogens is 1. The molecule has 0 radical (unpaired) electrons. The van der Waals surface area contributed by atoms with Crippen LogP contribution in [0, 0.1) is 23.0 Å². The van der Waals surface area contributed by atoms with Crippen molar-refractivity contribution >= 4 is 17.6 Å². The van der Waals surface area contributed by atoms with Crippen LogP contribution in [-0.4, -0.2) is 22.1 Å². The Morgan fingerprint density at radius 3 is 2.64 bits per heavy atom. The van der Waals surface area contributed by atoms with Crippen LogP contribution in [0.3, 0.4) is 0 Å². The Hall–Kier alpha value is -2.71. The van der Waals surface area contributed by atoms with Crippen molar-refractivity contribution in [2.75, 3.05) is 0 Å². The normalized spacial score (nSPS) is 16.5. The van der Waals surface area contributed by atoms with E-state index in [4.69, 9.17) is 21.1 Å². The van der Waals surface area contributed by atoms with Gasteiger partial charge in [-0.15, -0.1) is 10.1 Å². The SMILES string of the molecule is Cc1ncc2c(c1OC(=O)[C@H](O[N+](=O)[O-])C(C)C)COC2c1ccc(Cl)cc1. The maximum Gasteiger partial charge on any atom is 0.341 e. The number of hydrogen-bond acceptors (Lipinski definition) is 7. The van der Waals surface area contributed by atoms with Crippen LogP contribution in [-0.2, 0) is 21.0 Å². The molecule has 0 bridgehead atoms. The number of ether oxygens (including phenoxy) is 2. The van der Waals surface area contributed by atoms with Gasteiger partial charge in [0.15, 0.2) is 5.75 Å². The van der Waals surface area contributed by atoms with Gasteiger partial charge in [0.25, 0.3) is 5.09 Å². The zero-order valence-corrected chi connectivity index (χ0v) is 16.3. The van der Waals surface area contributed by atoms with Gasteiger partial charge in [-0.1, -0.05) is 37.6 Å². The van der Waals surface area contributed by atoms with Gasteiger partial charge in [-0.05, 0) is 30.5 Å². The van der Waals surface area contributed by atoms with Gasteiger partial charge in [0.05, 0.1) is 12.3 Å². The minimum atomic E-state index is -1.33. The largest absolute Gasteiger partial charge is 0.423 e. The van der Waals surface area contributed by atoms with Gasteiger partial charge in [-0.3, -0.25) is 9.82 Å². The number of nitrogens with zero attached hydrogens (tertiary/aromatic N) is 2. The van der Waals surface area contributed by atoms with E-state index in [1.54, 1.807) is 39.1 Å². The van der Waals surface area contributed by atoms with Crippen LogP contribution in [0.1, 0.15) is 42.3 Å². The van der Waals surface area contributed by atoms with Gasteiger partial charge in [0, 0.05) is 22.3 Å². The smallest absolute Gasteiger partial charge is 0.341 e. The summed E-state index contributed by atoms with van der Waals surface area (Å²) in [5.74, 6) is -1.04. The Morgan fingerprint density at radius 1 is 1.36 bits per heavy atom. The fraction of sp³-hybridized carbons (Fsp3) is 0.368. The molecule has 1 aromatic carbocycles. The first kappa shape index (κ1) is 20.0. The van der Waals surface area contributed by atoms with Gasteiger partial charge in [-0.2, -0.15) is 0 Å². The third-order valence-electron chi connectivity index (χ3n) is 4.44. The van der Waals surface area contributed by atoms with Gasteiger partial charge in [0.1, 0.15) is 6.10 Å². The standard InChI is InChI=1S/C19H19ClN2O6/c1-10(2)16(28-22(24)25)19(23)27-17-11(3)21-8-14-15(17)9-26-18(14)12-4-6-13(20)7-5-12/h4-8,10,16,18H,9H2,1-3H3/t16-,18?/m1/s1. The highest BCUT2D eigenvalue weighted by Crippen LogP contribution is 2.41. The van der Waals surface area contributed by atoms with Gasteiger partial charge in [0.2, 0.25) is 6.10 Å². The molecule has 1 aliphatic rings. The lowest BCUT2D eigenvalue weighted by molar-refractivity contribution is -0.766. The van der Waals surface area contributed by atoms with Gasteiger partial charge in [-0.25, -0.2) is 4.79 Å². The van der Waals surface area contributed by atoms with Crippen molar-refractivity contribution in [3.05, 3.63) is 68.0 Å². The number of pyridine rings is 1. The Kier molecular flexibility index (Phi) is 5.81. The minimum absolute atomic E-state index is 0.219. The second kappa shape index (κ2) is 8.12. The zero-order valence-electron chi connectivity index (χ0n) is 15.5. The van der Waals surface area contributed by atoms with Crippen LogP contribution in [0.5, 0.6) is 5.75 Å². The summed E-state index contributed by atoms with van der Waals surface area (Å²) < 4.78 is 11.4. The van der Waals surface area contributed by atoms with Crippen molar-refractivity contribution in [3.63, 3.8) is 0 Å². The summed E-state index contributed by atoms with van der Waals surface area (Å²) in [5, 5.41) is 10.3. The number of fused-ring (bicyclic) bond motifs is 1. The summed E-state index contributed by atoms with van der Waals surface area (Å²) in [6, 6.07) is 7.24. The van der Waals surface area contributed by atoms with Crippen molar-refractivity contribution in [2.45, 2.75) is 39.6 Å². The molecule has 0 saturated carbocycles. The molecule has 0 saturated heterocycles. The molecule has 1 aromatic heterocycles. The van der Waals surface area contributed by atoms with Crippen molar-refractivity contribution in [2.24, 2.45) is 5.92 Å². The minimum Gasteiger partial charge on any atom is -0.423 e. The molecular formula is C19H19ClN2O6. The van der Waals surface area contributed by atoms with Crippen LogP contribution in [0.25, 0.3) is 0 Å². The Balaban J connectivity index is 1.90. The van der Waals surface area contributed by atoms with Crippen molar-refractivity contribution in [1.82, 2.24) is 4.98 Å². The number of benzene rings is 1. The van der Waals surface area contributed by atoms with Crippen molar-refractivity contribution in [3.8, 4) is 5.75 Å². The summed E-state index contributed by atoms with van der Waals surface area (Å²) in [6.45, 7) is 5.18. The van der Waals surface area contributed by atoms with E-state index in [0.29, 0.717) is 16.3 Å². The molecule has 1 unspecified atom stereocenters. The van der Waals surface area contributed by atoms with E-state index in [2.05, 4.69) is 9.82 Å². The third kappa shape index (κ3) is 4.07. The second-order valence-electron chi connectivity index (χ2n) is 6.76. The molecular weight excluding hydrogens is 388 g/mol. The molecule has 2 atom stereocenters. The maximum atomic E-state index is 12.5. The van der Waals surface area contributed by atoms with E-state index in [1.165, 1.54) is 0 Å². The average Bonchev–Trinajstić information content (AvgIpc) is 3.06. The van der Waals surface area contributed by atoms with Gasteiger partial charge < -0.3 is 9.47 Å². The number of carbonyl (C=O) groups is 1. The van der Waals surface area contributed by atoms with Crippen LogP contribution in [0.2, 0.25) is 5.02 Å². The Morgan fingerprint density at radius 2 is 2.04 bits per heavy atom. The second-order valence-corrected chi connectivity index (χ2v) is 7.20. The van der Waals surface area contributed by atoms with Crippen LogP contribution in [0.4, 0.5) is 0 Å². The highest BCUT2D eigenvalue weighted by Gasteiger charge is 2.33. The summed E-state index contributed by atoms with van der Waals surface area (Å²) >= 11 is 5.94. The highest BCUT2D eigenvalue weighted by molar-refractivity contribution is 6.30. The lowest BCUT2D eigenvalue weighted by Crippen LogP contribution is -2.35. The van der Waals surface area contributed by atoms with E-state index in [9.17, 15) is 14.9 Å².